The highest BCUT2D eigenvalue weighted by Crippen LogP contribution is 2.22. The number of amides is 1. The van der Waals surface area contributed by atoms with E-state index in [1.807, 2.05) is 17.0 Å². The summed E-state index contributed by atoms with van der Waals surface area (Å²) in [6.45, 7) is 4.63. The number of carbonyl (C=O) groups excluding carboxylic acids is 2. The van der Waals surface area contributed by atoms with Crippen LogP contribution in [0.25, 0.3) is 0 Å². The Hall–Kier alpha value is -3.02. The number of benzene rings is 2. The Morgan fingerprint density at radius 2 is 1.62 bits per heavy atom. The van der Waals surface area contributed by atoms with Crippen LogP contribution in [0.5, 0.6) is 11.5 Å². The number of rotatable bonds is 4. The number of methoxy groups -OCH3 is 1. The van der Waals surface area contributed by atoms with Crippen LogP contribution in [0.1, 0.15) is 17.3 Å². The molecule has 26 heavy (non-hydrogen) atoms. The van der Waals surface area contributed by atoms with E-state index in [2.05, 4.69) is 4.90 Å². The average molecular weight is 354 g/mol. The molecule has 136 valence electrons. The molecule has 0 bridgehead atoms. The third kappa shape index (κ3) is 4.14. The largest absolute Gasteiger partial charge is 0.497 e. The molecule has 0 unspecified atom stereocenters. The van der Waals surface area contributed by atoms with Crippen LogP contribution in [-0.2, 0) is 4.79 Å². The normalized spacial score (nSPS) is 14.1. The summed E-state index contributed by atoms with van der Waals surface area (Å²) in [5.74, 6) is 0.791. The van der Waals surface area contributed by atoms with E-state index in [0.29, 0.717) is 17.1 Å². The van der Waals surface area contributed by atoms with Gasteiger partial charge < -0.3 is 19.3 Å². The highest BCUT2D eigenvalue weighted by atomic mass is 16.5. The SMILES string of the molecule is COc1cccc(C(=O)Oc2ccc(N3CCN(C(C)=O)CC3)cc2)c1. The Labute approximate surface area is 152 Å². The number of anilines is 1. The van der Waals surface area contributed by atoms with Gasteiger partial charge in [-0.1, -0.05) is 6.07 Å². The summed E-state index contributed by atoms with van der Waals surface area (Å²) in [5, 5.41) is 0. The van der Waals surface area contributed by atoms with E-state index in [9.17, 15) is 9.59 Å². The first kappa shape index (κ1) is 17.8. The van der Waals surface area contributed by atoms with Crippen LogP contribution in [0.2, 0.25) is 0 Å². The average Bonchev–Trinajstić information content (AvgIpc) is 2.68. The summed E-state index contributed by atoms with van der Waals surface area (Å²) in [7, 11) is 1.55. The van der Waals surface area contributed by atoms with E-state index in [1.54, 1.807) is 50.4 Å². The summed E-state index contributed by atoms with van der Waals surface area (Å²) < 4.78 is 10.5. The van der Waals surface area contributed by atoms with Crippen molar-refractivity contribution >= 4 is 17.6 Å². The van der Waals surface area contributed by atoms with Gasteiger partial charge in [-0.2, -0.15) is 0 Å². The van der Waals surface area contributed by atoms with E-state index in [1.165, 1.54) is 0 Å². The first-order chi connectivity index (χ1) is 12.6. The minimum atomic E-state index is -0.424. The first-order valence-corrected chi connectivity index (χ1v) is 8.53. The molecule has 6 heteroatoms. The summed E-state index contributed by atoms with van der Waals surface area (Å²) in [5.41, 5.74) is 1.49. The smallest absolute Gasteiger partial charge is 0.343 e. The maximum Gasteiger partial charge on any atom is 0.343 e. The van der Waals surface area contributed by atoms with Gasteiger partial charge in [0.1, 0.15) is 11.5 Å². The van der Waals surface area contributed by atoms with Gasteiger partial charge in [0.2, 0.25) is 5.91 Å². The number of hydrogen-bond acceptors (Lipinski definition) is 5. The molecule has 6 nitrogen and oxygen atoms in total. The molecule has 0 aliphatic carbocycles. The van der Waals surface area contributed by atoms with Gasteiger partial charge in [-0.15, -0.1) is 0 Å². The zero-order valence-electron chi connectivity index (χ0n) is 15.0. The number of hydrogen-bond donors (Lipinski definition) is 0. The number of esters is 1. The van der Waals surface area contributed by atoms with Gasteiger partial charge in [-0.05, 0) is 42.5 Å². The van der Waals surface area contributed by atoms with Crippen molar-refractivity contribution < 1.29 is 19.1 Å². The molecule has 0 saturated carbocycles. The van der Waals surface area contributed by atoms with Gasteiger partial charge >= 0.3 is 5.97 Å². The molecular formula is C20H22N2O4. The fourth-order valence-electron chi connectivity index (χ4n) is 2.92. The molecular weight excluding hydrogens is 332 g/mol. The Morgan fingerprint density at radius 3 is 2.23 bits per heavy atom. The molecule has 1 heterocycles. The molecule has 1 aliphatic rings. The molecule has 2 aromatic carbocycles. The van der Waals surface area contributed by atoms with Crippen molar-refractivity contribution in [2.24, 2.45) is 0 Å². The molecule has 0 N–H and O–H groups in total. The summed E-state index contributed by atoms with van der Waals surface area (Å²) >= 11 is 0. The van der Waals surface area contributed by atoms with E-state index in [4.69, 9.17) is 9.47 Å². The fourth-order valence-corrected chi connectivity index (χ4v) is 2.92. The Kier molecular flexibility index (Phi) is 5.41. The lowest BCUT2D eigenvalue weighted by atomic mass is 10.2. The molecule has 1 amide bonds. The second-order valence-electron chi connectivity index (χ2n) is 6.11. The van der Waals surface area contributed by atoms with Gasteiger partial charge in [0.05, 0.1) is 12.7 Å². The molecule has 3 rings (SSSR count). The predicted molar refractivity (Wildman–Crippen MR) is 98.9 cm³/mol. The molecule has 0 atom stereocenters. The Balaban J connectivity index is 1.61. The van der Waals surface area contributed by atoms with Crippen molar-refractivity contribution in [3.8, 4) is 11.5 Å². The van der Waals surface area contributed by atoms with Crippen LogP contribution in [0, 0.1) is 0 Å². The molecule has 1 aliphatic heterocycles. The van der Waals surface area contributed by atoms with Crippen molar-refractivity contribution in [1.82, 2.24) is 4.90 Å². The van der Waals surface area contributed by atoms with Crippen LogP contribution < -0.4 is 14.4 Å². The molecule has 0 radical (unpaired) electrons. The lowest BCUT2D eigenvalue weighted by molar-refractivity contribution is -0.129. The van der Waals surface area contributed by atoms with Crippen molar-refractivity contribution in [3.63, 3.8) is 0 Å². The van der Waals surface area contributed by atoms with E-state index >= 15 is 0 Å². The minimum Gasteiger partial charge on any atom is -0.497 e. The summed E-state index contributed by atoms with van der Waals surface area (Å²) in [6, 6.07) is 14.3. The van der Waals surface area contributed by atoms with E-state index in [0.717, 1.165) is 31.9 Å². The van der Waals surface area contributed by atoms with Crippen LogP contribution in [0.4, 0.5) is 5.69 Å². The van der Waals surface area contributed by atoms with Crippen LogP contribution >= 0.6 is 0 Å². The second kappa shape index (κ2) is 7.91. The Morgan fingerprint density at radius 1 is 0.923 bits per heavy atom. The van der Waals surface area contributed by atoms with Crippen LogP contribution in [0.15, 0.2) is 48.5 Å². The predicted octanol–water partition coefficient (Wildman–Crippen LogP) is 2.58. The number of nitrogens with zero attached hydrogens (tertiary/aromatic N) is 2. The van der Waals surface area contributed by atoms with Gasteiger partial charge in [-0.3, -0.25) is 4.79 Å². The van der Waals surface area contributed by atoms with Crippen LogP contribution in [0.3, 0.4) is 0 Å². The molecule has 2 aromatic rings. The molecule has 1 saturated heterocycles. The Bertz CT molecular complexity index is 781. The van der Waals surface area contributed by atoms with Crippen molar-refractivity contribution in [1.29, 1.82) is 0 Å². The van der Waals surface area contributed by atoms with E-state index < -0.39 is 5.97 Å². The van der Waals surface area contributed by atoms with Crippen molar-refractivity contribution in [2.45, 2.75) is 6.92 Å². The van der Waals surface area contributed by atoms with Gasteiger partial charge in [0.15, 0.2) is 0 Å². The fraction of sp³-hybridized carbons (Fsp3) is 0.300. The zero-order chi connectivity index (χ0) is 18.5. The maximum atomic E-state index is 12.2. The van der Waals surface area contributed by atoms with Crippen LogP contribution in [-0.4, -0.2) is 50.1 Å². The molecule has 0 aromatic heterocycles. The third-order valence-electron chi connectivity index (χ3n) is 4.44. The minimum absolute atomic E-state index is 0.115. The topological polar surface area (TPSA) is 59.1 Å². The standard InChI is InChI=1S/C20H22N2O4/c1-15(23)21-10-12-22(13-11-21)17-6-8-18(9-7-17)26-20(24)16-4-3-5-19(14-16)25-2/h3-9,14H,10-13H2,1-2H3. The molecule has 0 spiro atoms. The zero-order valence-corrected chi connectivity index (χ0v) is 15.0. The van der Waals surface area contributed by atoms with Gasteiger partial charge in [0.25, 0.3) is 0 Å². The monoisotopic (exact) mass is 354 g/mol. The first-order valence-electron chi connectivity index (χ1n) is 8.53. The highest BCUT2D eigenvalue weighted by molar-refractivity contribution is 5.91. The lowest BCUT2D eigenvalue weighted by Crippen LogP contribution is -2.48. The second-order valence-corrected chi connectivity index (χ2v) is 6.11. The third-order valence-corrected chi connectivity index (χ3v) is 4.44. The van der Waals surface area contributed by atoms with E-state index in [-0.39, 0.29) is 5.91 Å². The maximum absolute atomic E-state index is 12.2. The summed E-state index contributed by atoms with van der Waals surface area (Å²) in [6.07, 6.45) is 0. The van der Waals surface area contributed by atoms with Crippen molar-refractivity contribution in [3.05, 3.63) is 54.1 Å². The molecule has 1 fully saturated rings. The van der Waals surface area contributed by atoms with Gasteiger partial charge in [-0.25, -0.2) is 4.79 Å². The number of piperazine rings is 1. The number of ether oxygens (including phenoxy) is 2. The van der Waals surface area contributed by atoms with Gasteiger partial charge in [0, 0.05) is 38.8 Å². The lowest BCUT2D eigenvalue weighted by Gasteiger charge is -2.35. The number of carbonyl (C=O) groups is 2. The summed E-state index contributed by atoms with van der Waals surface area (Å²) in [4.78, 5) is 27.7. The quantitative estimate of drug-likeness (QED) is 0.624. The highest BCUT2D eigenvalue weighted by Gasteiger charge is 2.19. The van der Waals surface area contributed by atoms with Crippen molar-refractivity contribution in [2.75, 3.05) is 38.2 Å².